The number of rotatable bonds is 4. The van der Waals surface area contributed by atoms with Gasteiger partial charge in [0.25, 0.3) is 5.91 Å². The SMILES string of the molecule is CCN(c1cccc(C)c1)c1cc(C(=O)N2CCC(C)CC2)ncn1. The predicted octanol–water partition coefficient (Wildman–Crippen LogP) is 3.82. The molecule has 0 unspecified atom stereocenters. The van der Waals surface area contributed by atoms with E-state index in [2.05, 4.69) is 53.8 Å². The Morgan fingerprint density at radius 2 is 2.00 bits per heavy atom. The Morgan fingerprint density at radius 1 is 1.24 bits per heavy atom. The first-order valence-electron chi connectivity index (χ1n) is 9.04. The summed E-state index contributed by atoms with van der Waals surface area (Å²) in [7, 11) is 0. The van der Waals surface area contributed by atoms with Gasteiger partial charge in [-0.15, -0.1) is 0 Å². The Kier molecular flexibility index (Phi) is 5.31. The number of benzene rings is 1. The van der Waals surface area contributed by atoms with E-state index < -0.39 is 0 Å². The van der Waals surface area contributed by atoms with Crippen molar-refractivity contribution in [3.05, 3.63) is 47.9 Å². The molecule has 2 aromatic rings. The van der Waals surface area contributed by atoms with Crippen molar-refractivity contribution < 1.29 is 4.79 Å². The molecule has 1 saturated heterocycles. The van der Waals surface area contributed by atoms with Gasteiger partial charge in [-0.2, -0.15) is 0 Å². The Bertz CT molecular complexity index is 738. The third-order valence-corrected chi connectivity index (χ3v) is 4.85. The van der Waals surface area contributed by atoms with Crippen molar-refractivity contribution in [1.82, 2.24) is 14.9 Å². The molecule has 5 heteroatoms. The number of amides is 1. The molecule has 2 heterocycles. The smallest absolute Gasteiger partial charge is 0.272 e. The van der Waals surface area contributed by atoms with E-state index in [0.29, 0.717) is 11.6 Å². The molecule has 132 valence electrons. The van der Waals surface area contributed by atoms with Crippen molar-refractivity contribution >= 4 is 17.4 Å². The van der Waals surface area contributed by atoms with Gasteiger partial charge in [0.05, 0.1) is 0 Å². The van der Waals surface area contributed by atoms with E-state index in [9.17, 15) is 4.79 Å². The lowest BCUT2D eigenvalue weighted by atomic mass is 9.99. The Hall–Kier alpha value is -2.43. The molecular formula is C20H26N4O. The second kappa shape index (κ2) is 7.64. The van der Waals surface area contributed by atoms with Crippen LogP contribution in [0.1, 0.15) is 42.7 Å². The van der Waals surface area contributed by atoms with Gasteiger partial charge < -0.3 is 9.80 Å². The second-order valence-corrected chi connectivity index (χ2v) is 6.82. The molecule has 1 fully saturated rings. The zero-order valence-electron chi connectivity index (χ0n) is 15.3. The normalized spacial score (nSPS) is 15.2. The van der Waals surface area contributed by atoms with Crippen LogP contribution in [0, 0.1) is 12.8 Å². The van der Waals surface area contributed by atoms with E-state index >= 15 is 0 Å². The average molecular weight is 338 g/mol. The summed E-state index contributed by atoms with van der Waals surface area (Å²) in [6.45, 7) is 8.80. The van der Waals surface area contributed by atoms with Gasteiger partial charge in [0.1, 0.15) is 17.8 Å². The van der Waals surface area contributed by atoms with Crippen LogP contribution in [-0.4, -0.2) is 40.4 Å². The molecule has 25 heavy (non-hydrogen) atoms. The van der Waals surface area contributed by atoms with Gasteiger partial charge in [0.2, 0.25) is 0 Å². The van der Waals surface area contributed by atoms with Crippen molar-refractivity contribution in [2.75, 3.05) is 24.5 Å². The van der Waals surface area contributed by atoms with Gasteiger partial charge in [-0.1, -0.05) is 19.1 Å². The molecule has 1 aromatic heterocycles. The average Bonchev–Trinajstić information content (AvgIpc) is 2.63. The summed E-state index contributed by atoms with van der Waals surface area (Å²) >= 11 is 0. The van der Waals surface area contributed by atoms with Crippen LogP contribution in [0.2, 0.25) is 0 Å². The fourth-order valence-corrected chi connectivity index (χ4v) is 3.26. The number of aryl methyl sites for hydroxylation is 1. The topological polar surface area (TPSA) is 49.3 Å². The van der Waals surface area contributed by atoms with Crippen LogP contribution in [0.15, 0.2) is 36.7 Å². The lowest BCUT2D eigenvalue weighted by molar-refractivity contribution is 0.0691. The molecular weight excluding hydrogens is 312 g/mol. The Balaban J connectivity index is 1.84. The Labute approximate surface area is 149 Å². The lowest BCUT2D eigenvalue weighted by Crippen LogP contribution is -2.38. The molecule has 5 nitrogen and oxygen atoms in total. The zero-order chi connectivity index (χ0) is 17.8. The van der Waals surface area contributed by atoms with Crippen molar-refractivity contribution in [2.24, 2.45) is 5.92 Å². The van der Waals surface area contributed by atoms with Gasteiger partial charge in [0.15, 0.2) is 0 Å². The molecule has 1 aliphatic rings. The highest BCUT2D eigenvalue weighted by atomic mass is 16.2. The van der Waals surface area contributed by atoms with Crippen LogP contribution in [0.4, 0.5) is 11.5 Å². The highest BCUT2D eigenvalue weighted by molar-refractivity contribution is 5.93. The molecule has 0 aliphatic carbocycles. The summed E-state index contributed by atoms with van der Waals surface area (Å²) in [5.41, 5.74) is 2.75. The van der Waals surface area contributed by atoms with Gasteiger partial charge in [-0.05, 0) is 50.3 Å². The van der Waals surface area contributed by atoms with Gasteiger partial charge >= 0.3 is 0 Å². The molecule has 0 radical (unpaired) electrons. The van der Waals surface area contributed by atoms with Gasteiger partial charge in [-0.25, -0.2) is 9.97 Å². The van der Waals surface area contributed by atoms with Crippen molar-refractivity contribution in [3.63, 3.8) is 0 Å². The van der Waals surface area contributed by atoms with Gasteiger partial charge in [0, 0.05) is 31.4 Å². The standard InChI is InChI=1S/C20H26N4O/c1-4-24(17-7-5-6-16(3)12-17)19-13-18(21-14-22-19)20(25)23-10-8-15(2)9-11-23/h5-7,12-15H,4,8-11H2,1-3H3. The molecule has 1 amide bonds. The molecule has 1 aliphatic heterocycles. The molecule has 3 rings (SSSR count). The number of likely N-dealkylation sites (tertiary alicyclic amines) is 1. The largest absolute Gasteiger partial charge is 0.337 e. The fraction of sp³-hybridized carbons (Fsp3) is 0.450. The monoisotopic (exact) mass is 338 g/mol. The maximum absolute atomic E-state index is 12.8. The fourth-order valence-electron chi connectivity index (χ4n) is 3.26. The molecule has 0 atom stereocenters. The quantitative estimate of drug-likeness (QED) is 0.850. The number of carbonyl (C=O) groups is 1. The molecule has 1 aromatic carbocycles. The van der Waals surface area contributed by atoms with Crippen LogP contribution in [0.25, 0.3) is 0 Å². The highest BCUT2D eigenvalue weighted by Crippen LogP contribution is 2.25. The van der Waals surface area contributed by atoms with Crippen molar-refractivity contribution in [2.45, 2.75) is 33.6 Å². The predicted molar refractivity (Wildman–Crippen MR) is 100 cm³/mol. The van der Waals surface area contributed by atoms with Gasteiger partial charge in [-0.3, -0.25) is 4.79 Å². The van der Waals surface area contributed by atoms with Crippen LogP contribution in [0.3, 0.4) is 0 Å². The number of nitrogens with zero attached hydrogens (tertiary/aromatic N) is 4. The second-order valence-electron chi connectivity index (χ2n) is 6.82. The maximum Gasteiger partial charge on any atom is 0.272 e. The van der Waals surface area contributed by atoms with E-state index in [-0.39, 0.29) is 5.91 Å². The van der Waals surface area contributed by atoms with Crippen molar-refractivity contribution in [3.8, 4) is 0 Å². The van der Waals surface area contributed by atoms with E-state index in [0.717, 1.165) is 44.0 Å². The summed E-state index contributed by atoms with van der Waals surface area (Å²) in [6.07, 6.45) is 3.62. The number of piperidine rings is 1. The number of hydrogen-bond donors (Lipinski definition) is 0. The van der Waals surface area contributed by atoms with Crippen LogP contribution in [0.5, 0.6) is 0 Å². The molecule has 0 saturated carbocycles. The summed E-state index contributed by atoms with van der Waals surface area (Å²) in [5, 5.41) is 0. The first kappa shape index (κ1) is 17.4. The lowest BCUT2D eigenvalue weighted by Gasteiger charge is -2.30. The maximum atomic E-state index is 12.8. The number of anilines is 2. The molecule has 0 N–H and O–H groups in total. The third-order valence-electron chi connectivity index (χ3n) is 4.85. The first-order valence-corrected chi connectivity index (χ1v) is 9.04. The Morgan fingerprint density at radius 3 is 2.68 bits per heavy atom. The van der Waals surface area contributed by atoms with E-state index in [1.54, 1.807) is 0 Å². The van der Waals surface area contributed by atoms with E-state index in [1.165, 1.54) is 11.9 Å². The number of hydrogen-bond acceptors (Lipinski definition) is 4. The summed E-state index contributed by atoms with van der Waals surface area (Å²) < 4.78 is 0. The van der Waals surface area contributed by atoms with Crippen LogP contribution >= 0.6 is 0 Å². The summed E-state index contributed by atoms with van der Waals surface area (Å²) in [5.74, 6) is 1.47. The number of carbonyl (C=O) groups excluding carboxylic acids is 1. The minimum absolute atomic E-state index is 0.0100. The van der Waals surface area contributed by atoms with Crippen LogP contribution < -0.4 is 4.90 Å². The minimum Gasteiger partial charge on any atom is -0.337 e. The minimum atomic E-state index is 0.0100. The van der Waals surface area contributed by atoms with Crippen LogP contribution in [-0.2, 0) is 0 Å². The third kappa shape index (κ3) is 3.98. The van der Waals surface area contributed by atoms with E-state index in [4.69, 9.17) is 0 Å². The number of aromatic nitrogens is 2. The summed E-state index contributed by atoms with van der Waals surface area (Å²) in [4.78, 5) is 25.4. The molecule has 0 spiro atoms. The van der Waals surface area contributed by atoms with Crippen molar-refractivity contribution in [1.29, 1.82) is 0 Å². The highest BCUT2D eigenvalue weighted by Gasteiger charge is 2.23. The summed E-state index contributed by atoms with van der Waals surface area (Å²) in [6, 6.07) is 10.1. The first-order chi connectivity index (χ1) is 12.1. The zero-order valence-corrected chi connectivity index (χ0v) is 15.3. The van der Waals surface area contributed by atoms with E-state index in [1.807, 2.05) is 17.0 Å². The molecule has 0 bridgehead atoms.